The van der Waals surface area contributed by atoms with Crippen LogP contribution in [0.1, 0.15) is 11.1 Å². The number of carbonyl (C=O) groups excluding carboxylic acids is 1. The highest BCUT2D eigenvalue weighted by Gasteiger charge is 2.30. The minimum Gasteiger partial charge on any atom is -0.353 e. The summed E-state index contributed by atoms with van der Waals surface area (Å²) in [6, 6.07) is 9.36. The summed E-state index contributed by atoms with van der Waals surface area (Å²) in [5.74, 6) is -0.0394. The van der Waals surface area contributed by atoms with E-state index in [1.165, 1.54) is 34.5 Å². The van der Waals surface area contributed by atoms with Gasteiger partial charge in [-0.2, -0.15) is 13.2 Å². The monoisotopic (exact) mass is 555 g/mol. The molecule has 0 radical (unpaired) electrons. The second-order valence-corrected chi connectivity index (χ2v) is 10.0. The molecule has 0 aliphatic carbocycles. The maximum atomic E-state index is 14.8. The average Bonchev–Trinajstić information content (AvgIpc) is 3.60. The molecule has 39 heavy (non-hydrogen) atoms. The van der Waals surface area contributed by atoms with E-state index in [0.717, 1.165) is 16.8 Å². The standard InChI is InChI=1S/C26H21F4N7OS/c27-22-15(1-6-21-18(22)7-10-39-21)11-32-25(38)20-13-36(9-8-31-20)24-19-12-37(35-23(19)33-14-34-24)17-4-2-16(3-5-17)26(28,29)30/h1-7,10,12,14,20,31H,8-9,11,13H2,(H,32,38)/t20-/m1/s1. The van der Waals surface area contributed by atoms with Crippen molar-refractivity contribution in [3.63, 3.8) is 0 Å². The van der Waals surface area contributed by atoms with Crippen molar-refractivity contribution >= 4 is 44.2 Å². The molecular formula is C26H21F4N7OS. The molecule has 1 fully saturated rings. The van der Waals surface area contributed by atoms with Crippen LogP contribution in [0.5, 0.6) is 0 Å². The van der Waals surface area contributed by atoms with Crippen molar-refractivity contribution in [2.24, 2.45) is 0 Å². The Morgan fingerprint density at radius 2 is 1.92 bits per heavy atom. The molecule has 6 rings (SSSR count). The lowest BCUT2D eigenvalue weighted by molar-refractivity contribution is -0.137. The molecule has 200 valence electrons. The van der Waals surface area contributed by atoms with E-state index in [-0.39, 0.29) is 18.3 Å². The molecular weight excluding hydrogens is 534 g/mol. The highest BCUT2D eigenvalue weighted by molar-refractivity contribution is 7.17. The van der Waals surface area contributed by atoms with Gasteiger partial charge in [0.2, 0.25) is 5.91 Å². The summed E-state index contributed by atoms with van der Waals surface area (Å²) >= 11 is 1.46. The minimum atomic E-state index is -4.43. The molecule has 1 amide bonds. The molecule has 2 aromatic carbocycles. The van der Waals surface area contributed by atoms with Gasteiger partial charge in [0.05, 0.1) is 16.6 Å². The lowest BCUT2D eigenvalue weighted by Gasteiger charge is -2.33. The molecule has 0 spiro atoms. The summed E-state index contributed by atoms with van der Waals surface area (Å²) in [6.45, 7) is 1.43. The van der Waals surface area contributed by atoms with Crippen LogP contribution in [-0.4, -0.2) is 51.3 Å². The Kier molecular flexibility index (Phi) is 6.39. The molecule has 1 aliphatic rings. The highest BCUT2D eigenvalue weighted by Crippen LogP contribution is 2.30. The van der Waals surface area contributed by atoms with Gasteiger partial charge in [0.25, 0.3) is 0 Å². The zero-order valence-corrected chi connectivity index (χ0v) is 21.1. The lowest BCUT2D eigenvalue weighted by atomic mass is 10.1. The van der Waals surface area contributed by atoms with Crippen LogP contribution in [0.3, 0.4) is 0 Å². The highest BCUT2D eigenvalue weighted by atomic mass is 32.1. The number of nitrogens with zero attached hydrogens (tertiary/aromatic N) is 5. The van der Waals surface area contributed by atoms with Crippen molar-refractivity contribution < 1.29 is 22.4 Å². The topological polar surface area (TPSA) is 88.0 Å². The molecule has 1 aliphatic heterocycles. The summed E-state index contributed by atoms with van der Waals surface area (Å²) < 4.78 is 55.9. The van der Waals surface area contributed by atoms with E-state index >= 15 is 0 Å². The van der Waals surface area contributed by atoms with Crippen molar-refractivity contribution in [2.45, 2.75) is 18.8 Å². The smallest absolute Gasteiger partial charge is 0.353 e. The van der Waals surface area contributed by atoms with E-state index in [4.69, 9.17) is 0 Å². The van der Waals surface area contributed by atoms with Crippen molar-refractivity contribution in [3.05, 3.63) is 77.3 Å². The van der Waals surface area contributed by atoms with Crippen LogP contribution in [0.25, 0.3) is 26.8 Å². The van der Waals surface area contributed by atoms with E-state index in [0.29, 0.717) is 53.1 Å². The predicted molar refractivity (Wildman–Crippen MR) is 139 cm³/mol. The number of anilines is 1. The van der Waals surface area contributed by atoms with Crippen LogP contribution in [-0.2, 0) is 17.5 Å². The molecule has 8 nitrogen and oxygen atoms in total. The summed E-state index contributed by atoms with van der Waals surface area (Å²) in [5, 5.41) is 13.4. The number of piperazine rings is 1. The molecule has 5 aromatic rings. The Morgan fingerprint density at radius 1 is 1.10 bits per heavy atom. The Balaban J connectivity index is 1.18. The molecule has 1 atom stereocenters. The third kappa shape index (κ3) is 4.90. The number of amides is 1. The van der Waals surface area contributed by atoms with Crippen molar-refractivity contribution in [2.75, 3.05) is 24.5 Å². The van der Waals surface area contributed by atoms with Crippen LogP contribution in [0.2, 0.25) is 0 Å². The first-order valence-corrected chi connectivity index (χ1v) is 12.9. The summed E-state index contributed by atoms with van der Waals surface area (Å²) in [4.78, 5) is 23.5. The maximum Gasteiger partial charge on any atom is 0.416 e. The third-order valence-corrected chi connectivity index (χ3v) is 7.53. The van der Waals surface area contributed by atoms with Crippen molar-refractivity contribution in [1.82, 2.24) is 30.4 Å². The molecule has 13 heteroatoms. The summed E-state index contributed by atoms with van der Waals surface area (Å²) in [5.41, 5.74) is 0.481. The van der Waals surface area contributed by atoms with Gasteiger partial charge in [-0.1, -0.05) is 6.07 Å². The van der Waals surface area contributed by atoms with Crippen LogP contribution < -0.4 is 15.5 Å². The SMILES string of the molecule is O=C(NCc1ccc2sccc2c1F)[C@H]1CN(c2ncnc3nn(-c4ccc(C(F)(F)F)cc4)cc23)CCN1. The average molecular weight is 556 g/mol. The van der Waals surface area contributed by atoms with E-state index in [1.54, 1.807) is 18.3 Å². The molecule has 0 saturated carbocycles. The van der Waals surface area contributed by atoms with Gasteiger partial charge in [-0.05, 0) is 41.8 Å². The van der Waals surface area contributed by atoms with Gasteiger partial charge >= 0.3 is 6.18 Å². The lowest BCUT2D eigenvalue weighted by Crippen LogP contribution is -2.57. The first-order chi connectivity index (χ1) is 18.8. The number of hydrogen-bond acceptors (Lipinski definition) is 7. The summed E-state index contributed by atoms with van der Waals surface area (Å²) in [7, 11) is 0. The van der Waals surface area contributed by atoms with Gasteiger partial charge in [-0.3, -0.25) is 4.79 Å². The fourth-order valence-electron chi connectivity index (χ4n) is 4.63. The molecule has 3 aromatic heterocycles. The van der Waals surface area contributed by atoms with Crippen LogP contribution in [0.15, 0.2) is 60.4 Å². The Labute approximate surface area is 223 Å². The van der Waals surface area contributed by atoms with E-state index in [1.807, 2.05) is 16.3 Å². The first-order valence-electron chi connectivity index (χ1n) is 12.1. The number of fused-ring (bicyclic) bond motifs is 2. The number of halogens is 4. The molecule has 1 saturated heterocycles. The minimum absolute atomic E-state index is 0.0618. The number of carbonyl (C=O) groups is 1. The van der Waals surface area contributed by atoms with E-state index < -0.39 is 17.8 Å². The van der Waals surface area contributed by atoms with Gasteiger partial charge in [0, 0.05) is 48.0 Å². The van der Waals surface area contributed by atoms with Gasteiger partial charge in [0.1, 0.15) is 24.0 Å². The normalized spacial score (nSPS) is 16.2. The zero-order chi connectivity index (χ0) is 27.1. The fourth-order valence-corrected chi connectivity index (χ4v) is 5.41. The second kappa shape index (κ2) is 9.89. The number of hydrogen-bond donors (Lipinski definition) is 2. The number of rotatable bonds is 5. The van der Waals surface area contributed by atoms with Crippen LogP contribution in [0.4, 0.5) is 23.4 Å². The zero-order valence-electron chi connectivity index (χ0n) is 20.2. The molecule has 4 heterocycles. The first kappa shape index (κ1) is 25.2. The molecule has 2 N–H and O–H groups in total. The quantitative estimate of drug-likeness (QED) is 0.315. The van der Waals surface area contributed by atoms with Gasteiger partial charge < -0.3 is 15.5 Å². The Hall–Kier alpha value is -4.10. The Morgan fingerprint density at radius 3 is 2.72 bits per heavy atom. The molecule has 0 unspecified atom stereocenters. The third-order valence-electron chi connectivity index (χ3n) is 6.65. The number of nitrogens with one attached hydrogen (secondary N) is 2. The number of aromatic nitrogens is 4. The maximum absolute atomic E-state index is 14.8. The van der Waals surface area contributed by atoms with Gasteiger partial charge in [-0.25, -0.2) is 19.0 Å². The fraction of sp³-hybridized carbons (Fsp3) is 0.231. The van der Waals surface area contributed by atoms with Crippen molar-refractivity contribution in [1.29, 1.82) is 0 Å². The number of alkyl halides is 3. The Bertz CT molecular complexity index is 1660. The largest absolute Gasteiger partial charge is 0.416 e. The number of benzene rings is 2. The van der Waals surface area contributed by atoms with Crippen LogP contribution >= 0.6 is 11.3 Å². The van der Waals surface area contributed by atoms with Gasteiger partial charge in [0.15, 0.2) is 5.65 Å². The predicted octanol–water partition coefficient (Wildman–Crippen LogP) is 4.28. The second-order valence-electron chi connectivity index (χ2n) is 9.09. The van der Waals surface area contributed by atoms with Gasteiger partial charge in [-0.15, -0.1) is 16.4 Å². The van der Waals surface area contributed by atoms with E-state index in [2.05, 4.69) is 25.7 Å². The number of thiophene rings is 1. The molecule has 0 bridgehead atoms. The summed E-state index contributed by atoms with van der Waals surface area (Å²) in [6.07, 6.45) is -1.40. The van der Waals surface area contributed by atoms with Crippen LogP contribution in [0, 0.1) is 5.82 Å². The van der Waals surface area contributed by atoms with Crippen molar-refractivity contribution in [3.8, 4) is 5.69 Å². The van der Waals surface area contributed by atoms with E-state index in [9.17, 15) is 22.4 Å².